The third-order valence-electron chi connectivity index (χ3n) is 3.19. The number of halogens is 3. The SMILES string of the molecule is O=C(Nc1ccc(OC(F)F)cc1)c1cc(-c2cccc(F)c2)no1. The van der Waals surface area contributed by atoms with E-state index in [9.17, 15) is 18.0 Å². The normalized spacial score (nSPS) is 10.7. The van der Waals surface area contributed by atoms with E-state index in [0.717, 1.165) is 0 Å². The van der Waals surface area contributed by atoms with Crippen LogP contribution in [0.2, 0.25) is 0 Å². The van der Waals surface area contributed by atoms with Gasteiger partial charge in [-0.3, -0.25) is 4.79 Å². The standard InChI is InChI=1S/C17H11F3N2O3/c18-11-3-1-2-10(8-11)14-9-15(25-22-14)16(23)21-12-4-6-13(7-5-12)24-17(19)20/h1-9,17H,(H,21,23). The Labute approximate surface area is 140 Å². The maximum atomic E-state index is 13.2. The summed E-state index contributed by atoms with van der Waals surface area (Å²) in [6, 6.07) is 12.5. The fourth-order valence-electron chi connectivity index (χ4n) is 2.08. The van der Waals surface area contributed by atoms with Crippen LogP contribution < -0.4 is 10.1 Å². The van der Waals surface area contributed by atoms with Gasteiger partial charge in [0.25, 0.3) is 5.91 Å². The Morgan fingerprint density at radius 3 is 2.56 bits per heavy atom. The lowest BCUT2D eigenvalue weighted by atomic mass is 10.1. The minimum Gasteiger partial charge on any atom is -0.435 e. The minimum atomic E-state index is -2.92. The lowest BCUT2D eigenvalue weighted by molar-refractivity contribution is -0.0498. The number of carbonyl (C=O) groups is 1. The number of anilines is 1. The second-order valence-electron chi connectivity index (χ2n) is 4.94. The van der Waals surface area contributed by atoms with E-state index < -0.39 is 18.3 Å². The third-order valence-corrected chi connectivity index (χ3v) is 3.19. The minimum absolute atomic E-state index is 0.0268. The molecule has 0 bridgehead atoms. The molecular formula is C17H11F3N2O3. The molecule has 8 heteroatoms. The Morgan fingerprint density at radius 2 is 1.88 bits per heavy atom. The Kier molecular flexibility index (Phi) is 4.69. The van der Waals surface area contributed by atoms with Crippen molar-refractivity contribution in [3.8, 4) is 17.0 Å². The Hall–Kier alpha value is -3.29. The van der Waals surface area contributed by atoms with Crippen LogP contribution >= 0.6 is 0 Å². The molecule has 5 nitrogen and oxygen atoms in total. The van der Waals surface area contributed by atoms with Gasteiger partial charge in [-0.1, -0.05) is 17.3 Å². The summed E-state index contributed by atoms with van der Waals surface area (Å²) in [6.07, 6.45) is 0. The summed E-state index contributed by atoms with van der Waals surface area (Å²) in [6.45, 7) is -2.92. The van der Waals surface area contributed by atoms with Gasteiger partial charge in [0, 0.05) is 17.3 Å². The predicted molar refractivity (Wildman–Crippen MR) is 82.9 cm³/mol. The van der Waals surface area contributed by atoms with Gasteiger partial charge in [0.15, 0.2) is 0 Å². The molecule has 2 aromatic carbocycles. The van der Waals surface area contributed by atoms with E-state index in [-0.39, 0.29) is 11.5 Å². The molecule has 3 aromatic rings. The highest BCUT2D eigenvalue weighted by atomic mass is 19.3. The zero-order valence-electron chi connectivity index (χ0n) is 12.6. The number of benzene rings is 2. The number of carbonyl (C=O) groups excluding carboxylic acids is 1. The molecule has 0 atom stereocenters. The van der Waals surface area contributed by atoms with Gasteiger partial charge in [-0.25, -0.2) is 4.39 Å². The van der Waals surface area contributed by atoms with Crippen molar-refractivity contribution < 1.29 is 27.2 Å². The number of alkyl halides is 2. The molecule has 128 valence electrons. The zero-order chi connectivity index (χ0) is 17.8. The van der Waals surface area contributed by atoms with Crippen molar-refractivity contribution in [3.63, 3.8) is 0 Å². The number of hydrogen-bond acceptors (Lipinski definition) is 4. The topological polar surface area (TPSA) is 64.4 Å². The highest BCUT2D eigenvalue weighted by molar-refractivity contribution is 6.02. The summed E-state index contributed by atoms with van der Waals surface area (Å²) in [5.74, 6) is -1.12. The number of ether oxygens (including phenoxy) is 1. The molecule has 0 saturated carbocycles. The largest absolute Gasteiger partial charge is 0.435 e. The fourth-order valence-corrected chi connectivity index (χ4v) is 2.08. The van der Waals surface area contributed by atoms with Crippen LogP contribution in [-0.2, 0) is 0 Å². The molecule has 25 heavy (non-hydrogen) atoms. The quantitative estimate of drug-likeness (QED) is 0.745. The van der Waals surface area contributed by atoms with Crippen molar-refractivity contribution >= 4 is 11.6 Å². The first-order chi connectivity index (χ1) is 12.0. The van der Waals surface area contributed by atoms with Crippen LogP contribution in [0.15, 0.2) is 59.1 Å². The van der Waals surface area contributed by atoms with Crippen LogP contribution in [-0.4, -0.2) is 17.7 Å². The maximum Gasteiger partial charge on any atom is 0.387 e. The van der Waals surface area contributed by atoms with Gasteiger partial charge in [0.2, 0.25) is 5.76 Å². The molecule has 0 aliphatic carbocycles. The number of nitrogens with zero attached hydrogens (tertiary/aromatic N) is 1. The summed E-state index contributed by atoms with van der Waals surface area (Å²) in [4.78, 5) is 12.1. The molecule has 1 aromatic heterocycles. The second-order valence-corrected chi connectivity index (χ2v) is 4.94. The summed E-state index contributed by atoms with van der Waals surface area (Å²) in [5.41, 5.74) is 1.14. The van der Waals surface area contributed by atoms with E-state index in [0.29, 0.717) is 16.9 Å². The van der Waals surface area contributed by atoms with Crippen LogP contribution in [0.4, 0.5) is 18.9 Å². The average Bonchev–Trinajstić information content (AvgIpc) is 3.06. The van der Waals surface area contributed by atoms with Crippen molar-refractivity contribution in [1.29, 1.82) is 0 Å². The van der Waals surface area contributed by atoms with Gasteiger partial charge >= 0.3 is 6.61 Å². The monoisotopic (exact) mass is 348 g/mol. The smallest absolute Gasteiger partial charge is 0.387 e. The number of rotatable bonds is 5. The molecule has 0 spiro atoms. The van der Waals surface area contributed by atoms with Crippen molar-refractivity contribution in [3.05, 3.63) is 66.2 Å². The summed E-state index contributed by atoms with van der Waals surface area (Å²) in [5, 5.41) is 6.26. The molecule has 0 aliphatic heterocycles. The molecule has 0 saturated heterocycles. The lowest BCUT2D eigenvalue weighted by Crippen LogP contribution is -2.10. The molecule has 1 heterocycles. The van der Waals surface area contributed by atoms with Gasteiger partial charge in [-0.05, 0) is 36.4 Å². The first-order valence-electron chi connectivity index (χ1n) is 7.10. The van der Waals surface area contributed by atoms with Gasteiger partial charge in [0.05, 0.1) is 0 Å². The van der Waals surface area contributed by atoms with E-state index in [1.165, 1.54) is 48.5 Å². The Bertz CT molecular complexity index is 879. The highest BCUT2D eigenvalue weighted by Crippen LogP contribution is 2.21. The third kappa shape index (κ3) is 4.17. The molecule has 0 radical (unpaired) electrons. The van der Waals surface area contributed by atoms with E-state index in [4.69, 9.17) is 4.52 Å². The molecule has 0 unspecified atom stereocenters. The van der Waals surface area contributed by atoms with Crippen molar-refractivity contribution in [2.75, 3.05) is 5.32 Å². The lowest BCUT2D eigenvalue weighted by Gasteiger charge is -2.06. The van der Waals surface area contributed by atoms with Crippen molar-refractivity contribution in [2.24, 2.45) is 0 Å². The van der Waals surface area contributed by atoms with Gasteiger partial charge < -0.3 is 14.6 Å². The molecular weight excluding hydrogens is 337 g/mol. The number of nitrogens with one attached hydrogen (secondary N) is 1. The zero-order valence-corrected chi connectivity index (χ0v) is 12.6. The molecule has 0 aliphatic rings. The van der Waals surface area contributed by atoms with Crippen LogP contribution in [0.1, 0.15) is 10.6 Å². The van der Waals surface area contributed by atoms with Crippen LogP contribution in [0.3, 0.4) is 0 Å². The molecule has 3 rings (SSSR count). The van der Waals surface area contributed by atoms with E-state index in [2.05, 4.69) is 15.2 Å². The van der Waals surface area contributed by atoms with Gasteiger partial charge in [0.1, 0.15) is 17.3 Å². The van der Waals surface area contributed by atoms with Crippen molar-refractivity contribution in [1.82, 2.24) is 5.16 Å². The van der Waals surface area contributed by atoms with E-state index in [1.807, 2.05) is 0 Å². The van der Waals surface area contributed by atoms with Gasteiger partial charge in [-0.2, -0.15) is 8.78 Å². The Morgan fingerprint density at radius 1 is 1.12 bits per heavy atom. The van der Waals surface area contributed by atoms with Crippen LogP contribution in [0, 0.1) is 5.82 Å². The van der Waals surface area contributed by atoms with E-state index >= 15 is 0 Å². The maximum absolute atomic E-state index is 13.2. The highest BCUT2D eigenvalue weighted by Gasteiger charge is 2.15. The van der Waals surface area contributed by atoms with Crippen molar-refractivity contribution in [2.45, 2.75) is 6.61 Å². The summed E-state index contributed by atoms with van der Waals surface area (Å²) in [7, 11) is 0. The molecule has 0 fully saturated rings. The number of amides is 1. The summed E-state index contributed by atoms with van der Waals surface area (Å²) < 4.78 is 46.6. The number of aromatic nitrogens is 1. The van der Waals surface area contributed by atoms with Crippen LogP contribution in [0.25, 0.3) is 11.3 Å². The van der Waals surface area contributed by atoms with Gasteiger partial charge in [-0.15, -0.1) is 0 Å². The molecule has 1 amide bonds. The average molecular weight is 348 g/mol. The Balaban J connectivity index is 1.69. The first kappa shape index (κ1) is 16.6. The van der Waals surface area contributed by atoms with E-state index in [1.54, 1.807) is 6.07 Å². The second kappa shape index (κ2) is 7.08. The predicted octanol–water partition coefficient (Wildman–Crippen LogP) is 4.33. The van der Waals surface area contributed by atoms with Crippen LogP contribution in [0.5, 0.6) is 5.75 Å². The first-order valence-corrected chi connectivity index (χ1v) is 7.10. The number of hydrogen-bond donors (Lipinski definition) is 1. The molecule has 1 N–H and O–H groups in total. The summed E-state index contributed by atoms with van der Waals surface area (Å²) >= 11 is 0. The fraction of sp³-hybridized carbons (Fsp3) is 0.0588.